The molecule has 0 fully saturated rings. The minimum Gasteiger partial charge on any atom is -0.342 e. The van der Waals surface area contributed by atoms with Gasteiger partial charge in [0, 0.05) is 24.0 Å². The average molecular weight is 571 g/mol. The first-order valence-electron chi connectivity index (χ1n) is 15.3. The van der Waals surface area contributed by atoms with E-state index in [1.165, 1.54) is 16.8 Å². The van der Waals surface area contributed by atoms with Crippen LogP contribution in [0.4, 0.5) is 0 Å². The van der Waals surface area contributed by atoms with Gasteiger partial charge < -0.3 is 14.1 Å². The van der Waals surface area contributed by atoms with Crippen molar-refractivity contribution in [3.63, 3.8) is 0 Å². The van der Waals surface area contributed by atoms with Gasteiger partial charge in [-0.3, -0.25) is 4.57 Å². The lowest BCUT2D eigenvalue weighted by molar-refractivity contribution is -0.573. The molecule has 6 heteroatoms. The second-order valence-corrected chi connectivity index (χ2v) is 13.1. The quantitative estimate of drug-likeness (QED) is 0.148. The Morgan fingerprint density at radius 1 is 0.814 bits per heavy atom. The molecule has 0 saturated carbocycles. The molecule has 0 radical (unpaired) electrons. The van der Waals surface area contributed by atoms with E-state index >= 15 is 0 Å². The summed E-state index contributed by atoms with van der Waals surface area (Å²) < 4.78 is 6.73. The van der Waals surface area contributed by atoms with Gasteiger partial charge in [-0.15, -0.1) is 0 Å². The van der Waals surface area contributed by atoms with Crippen LogP contribution in [0.3, 0.4) is 0 Å². The molecule has 6 aromatic rings. The van der Waals surface area contributed by atoms with Gasteiger partial charge in [0.1, 0.15) is 0 Å². The van der Waals surface area contributed by atoms with Crippen LogP contribution in [0.2, 0.25) is 0 Å². The molecule has 0 aliphatic rings. The summed E-state index contributed by atoms with van der Waals surface area (Å²) in [5, 5.41) is 0. The molecule has 0 aliphatic heterocycles. The lowest BCUT2D eigenvalue weighted by Crippen LogP contribution is -2.46. The summed E-state index contributed by atoms with van der Waals surface area (Å²) in [5.74, 6) is 2.28. The Kier molecular flexibility index (Phi) is 7.11. The number of fused-ring (bicyclic) bond motifs is 1. The number of H-pyrrole nitrogens is 1. The zero-order valence-corrected chi connectivity index (χ0v) is 26.6. The molecule has 43 heavy (non-hydrogen) atoms. The second kappa shape index (κ2) is 10.7. The first-order valence-corrected chi connectivity index (χ1v) is 15.3. The maximum absolute atomic E-state index is 5.37. The largest absolute Gasteiger partial charge is 0.342 e. The zero-order chi connectivity index (χ0) is 30.5. The topological polar surface area (TPSA) is 55.3 Å². The van der Waals surface area contributed by atoms with Crippen molar-refractivity contribution >= 4 is 11.0 Å². The van der Waals surface area contributed by atoms with E-state index in [4.69, 9.17) is 4.98 Å². The fraction of sp³-hybridized carbons (Fsp3) is 0.324. The number of aromatic amines is 1. The summed E-state index contributed by atoms with van der Waals surface area (Å²) >= 11 is 0. The molecule has 0 amide bonds. The van der Waals surface area contributed by atoms with E-state index in [9.17, 15) is 0 Å². The monoisotopic (exact) mass is 570 g/mol. The first kappa shape index (κ1) is 28.7. The third-order valence-electron chi connectivity index (χ3n) is 9.31. The van der Waals surface area contributed by atoms with Crippen molar-refractivity contribution in [2.24, 2.45) is 0 Å². The van der Waals surface area contributed by atoms with Crippen molar-refractivity contribution in [1.29, 1.82) is 0 Å². The highest BCUT2D eigenvalue weighted by atomic mass is 15.2. The van der Waals surface area contributed by atoms with Crippen LogP contribution in [-0.2, 0) is 11.0 Å². The van der Waals surface area contributed by atoms with Crippen molar-refractivity contribution in [2.45, 2.75) is 78.2 Å². The minimum absolute atomic E-state index is 0.350. The van der Waals surface area contributed by atoms with Crippen LogP contribution in [-0.4, -0.2) is 24.1 Å². The molecule has 0 aliphatic carbocycles. The molecule has 0 saturated heterocycles. The number of nitrogens with zero attached hydrogens (tertiary/aromatic N) is 5. The molecule has 6 rings (SSSR count). The molecular weight excluding hydrogens is 528 g/mol. The number of para-hydroxylation sites is 4. The third kappa shape index (κ3) is 4.69. The van der Waals surface area contributed by atoms with Crippen molar-refractivity contribution in [3.8, 4) is 23.0 Å². The lowest BCUT2D eigenvalue weighted by Gasteiger charge is -2.39. The van der Waals surface area contributed by atoms with Crippen LogP contribution in [0.25, 0.3) is 34.1 Å². The molecule has 3 aromatic heterocycles. The number of rotatable bonds is 8. The minimum atomic E-state index is -0.412. The van der Waals surface area contributed by atoms with E-state index in [2.05, 4.69) is 158 Å². The normalized spacial score (nSPS) is 12.6. The lowest BCUT2D eigenvalue weighted by atomic mass is 9.72. The van der Waals surface area contributed by atoms with Crippen LogP contribution in [0.15, 0.2) is 91.4 Å². The van der Waals surface area contributed by atoms with Gasteiger partial charge in [0.25, 0.3) is 0 Å². The Morgan fingerprint density at radius 3 is 2.09 bits per heavy atom. The second-order valence-electron chi connectivity index (χ2n) is 13.1. The van der Waals surface area contributed by atoms with Crippen LogP contribution in [0.5, 0.6) is 0 Å². The maximum atomic E-state index is 5.37. The summed E-state index contributed by atoms with van der Waals surface area (Å²) in [7, 11) is 0. The Morgan fingerprint density at radius 2 is 1.47 bits per heavy atom. The van der Waals surface area contributed by atoms with E-state index in [1.807, 2.05) is 12.3 Å². The number of imidazole rings is 3. The van der Waals surface area contributed by atoms with Crippen LogP contribution in [0.1, 0.15) is 84.0 Å². The third-order valence-corrected chi connectivity index (χ3v) is 9.31. The van der Waals surface area contributed by atoms with E-state index in [-0.39, 0.29) is 0 Å². The summed E-state index contributed by atoms with van der Waals surface area (Å²) in [6.45, 7) is 18.2. The molecular formula is C37H42N6. The Labute approximate surface area is 255 Å². The molecule has 0 unspecified atom stereocenters. The average Bonchev–Trinajstić information content (AvgIpc) is 3.76. The highest BCUT2D eigenvalue weighted by molar-refractivity contribution is 5.73. The van der Waals surface area contributed by atoms with Gasteiger partial charge in [-0.05, 0) is 50.7 Å². The SMILES string of the molecule is CC(C)c1cccc(C(C)C)c1-n1cc(C(C)(C)C(C)(C)n2[c-][n+](-c3ccccc3)c3ccccc32)nc1-c1ncc[nH]1. The molecule has 3 aromatic carbocycles. The van der Waals surface area contributed by atoms with Crippen LogP contribution in [0, 0.1) is 6.33 Å². The summed E-state index contributed by atoms with van der Waals surface area (Å²) in [6, 6.07) is 25.7. The summed E-state index contributed by atoms with van der Waals surface area (Å²) in [6.07, 6.45) is 9.63. The zero-order valence-electron chi connectivity index (χ0n) is 26.6. The van der Waals surface area contributed by atoms with Gasteiger partial charge in [-0.1, -0.05) is 100 Å². The molecule has 0 bridgehead atoms. The predicted octanol–water partition coefficient (Wildman–Crippen LogP) is 8.25. The van der Waals surface area contributed by atoms with Crippen molar-refractivity contribution in [1.82, 2.24) is 24.1 Å². The maximum Gasteiger partial charge on any atom is 0.244 e. The molecule has 3 heterocycles. The van der Waals surface area contributed by atoms with Gasteiger partial charge in [0.2, 0.25) is 6.33 Å². The van der Waals surface area contributed by atoms with E-state index in [1.54, 1.807) is 6.20 Å². The van der Waals surface area contributed by atoms with Crippen molar-refractivity contribution in [2.75, 3.05) is 0 Å². The van der Waals surface area contributed by atoms with Gasteiger partial charge in [-0.2, -0.15) is 0 Å². The standard InChI is InChI=1S/C37H42N6/c1-25(2)28-17-14-18-29(26(3)4)33(28)41-23-32(40-35(41)34-38-21-22-39-34)36(5,6)37(7,8)43-24-42(27-15-10-9-11-16-27)30-19-12-13-20-31(30)43/h9-23,25-26H,1-8H3,(H,38,39). The Bertz CT molecular complexity index is 1840. The fourth-order valence-electron chi connectivity index (χ4n) is 6.04. The molecule has 6 nitrogen and oxygen atoms in total. The number of nitrogens with one attached hydrogen (secondary N) is 1. The molecule has 220 valence electrons. The number of benzene rings is 3. The van der Waals surface area contributed by atoms with Crippen LogP contribution < -0.4 is 4.57 Å². The highest BCUT2D eigenvalue weighted by Gasteiger charge is 2.45. The van der Waals surface area contributed by atoms with Crippen molar-refractivity contribution < 1.29 is 4.57 Å². The van der Waals surface area contributed by atoms with Gasteiger partial charge in [-0.25, -0.2) is 9.97 Å². The van der Waals surface area contributed by atoms with Gasteiger partial charge >= 0.3 is 0 Å². The number of hydrogen-bond acceptors (Lipinski definition) is 2. The number of aromatic nitrogens is 6. The number of hydrogen-bond donors (Lipinski definition) is 1. The van der Waals surface area contributed by atoms with Gasteiger partial charge in [0.15, 0.2) is 11.6 Å². The predicted molar refractivity (Wildman–Crippen MR) is 174 cm³/mol. The van der Waals surface area contributed by atoms with Crippen molar-refractivity contribution in [3.05, 3.63) is 115 Å². The molecule has 0 spiro atoms. The van der Waals surface area contributed by atoms with Crippen LogP contribution >= 0.6 is 0 Å². The Hall–Kier alpha value is -4.45. The highest BCUT2D eigenvalue weighted by Crippen LogP contribution is 2.43. The molecule has 1 N–H and O–H groups in total. The fourth-order valence-corrected chi connectivity index (χ4v) is 6.04. The summed E-state index contributed by atoms with van der Waals surface area (Å²) in [5.41, 5.74) is 7.31. The van der Waals surface area contributed by atoms with Gasteiger partial charge in [0.05, 0.1) is 33.6 Å². The van der Waals surface area contributed by atoms with E-state index < -0.39 is 11.0 Å². The Balaban J connectivity index is 1.57. The molecule has 0 atom stereocenters. The first-order chi connectivity index (χ1) is 20.5. The smallest absolute Gasteiger partial charge is 0.244 e. The van der Waals surface area contributed by atoms with E-state index in [0.717, 1.165) is 34.1 Å². The summed E-state index contributed by atoms with van der Waals surface area (Å²) in [4.78, 5) is 13.4. The van der Waals surface area contributed by atoms with E-state index in [0.29, 0.717) is 11.8 Å².